The van der Waals surface area contributed by atoms with Crippen LogP contribution < -0.4 is 5.32 Å². The van der Waals surface area contributed by atoms with Gasteiger partial charge in [-0.15, -0.1) is 0 Å². The van der Waals surface area contributed by atoms with Gasteiger partial charge in [0.15, 0.2) is 0 Å². The summed E-state index contributed by atoms with van der Waals surface area (Å²) in [5.41, 5.74) is 2.12. The zero-order valence-electron chi connectivity index (χ0n) is 9.86. The van der Waals surface area contributed by atoms with Crippen molar-refractivity contribution in [2.24, 2.45) is 0 Å². The standard InChI is InChI=1S/C13H16ClN3/c1-2-7-15-10-11-5-3-6-12(14)13(11)17-9-4-8-16-17/h3-6,8-9,15H,2,7,10H2,1H3. The molecule has 0 aliphatic rings. The number of nitrogens with zero attached hydrogens (tertiary/aromatic N) is 2. The topological polar surface area (TPSA) is 29.9 Å². The first-order valence-corrected chi connectivity index (χ1v) is 6.19. The number of hydrogen-bond acceptors (Lipinski definition) is 2. The smallest absolute Gasteiger partial charge is 0.0876 e. The van der Waals surface area contributed by atoms with E-state index in [2.05, 4.69) is 23.4 Å². The summed E-state index contributed by atoms with van der Waals surface area (Å²) in [4.78, 5) is 0. The zero-order valence-corrected chi connectivity index (χ0v) is 10.6. The number of hydrogen-bond donors (Lipinski definition) is 1. The molecule has 0 atom stereocenters. The first kappa shape index (κ1) is 12.1. The first-order valence-electron chi connectivity index (χ1n) is 5.81. The lowest BCUT2D eigenvalue weighted by Crippen LogP contribution is -2.15. The van der Waals surface area contributed by atoms with E-state index in [-0.39, 0.29) is 0 Å². The van der Waals surface area contributed by atoms with E-state index >= 15 is 0 Å². The van der Waals surface area contributed by atoms with Gasteiger partial charge < -0.3 is 5.32 Å². The van der Waals surface area contributed by atoms with Crippen LogP contribution in [0.3, 0.4) is 0 Å². The molecule has 1 aromatic heterocycles. The summed E-state index contributed by atoms with van der Waals surface area (Å²) in [5.74, 6) is 0. The maximum Gasteiger partial charge on any atom is 0.0876 e. The maximum absolute atomic E-state index is 6.25. The van der Waals surface area contributed by atoms with E-state index in [4.69, 9.17) is 11.6 Å². The molecule has 2 aromatic rings. The van der Waals surface area contributed by atoms with Gasteiger partial charge in [-0.25, -0.2) is 4.68 Å². The van der Waals surface area contributed by atoms with Crippen LogP contribution in [0.2, 0.25) is 5.02 Å². The van der Waals surface area contributed by atoms with E-state index in [1.807, 2.05) is 29.1 Å². The van der Waals surface area contributed by atoms with E-state index in [9.17, 15) is 0 Å². The Bertz CT molecular complexity index is 466. The minimum absolute atomic E-state index is 0.726. The summed E-state index contributed by atoms with van der Waals surface area (Å²) in [6.45, 7) is 3.97. The molecule has 0 spiro atoms. The second-order valence-electron chi connectivity index (χ2n) is 3.87. The third-order valence-corrected chi connectivity index (χ3v) is 2.85. The predicted octanol–water partition coefficient (Wildman–Crippen LogP) is 3.03. The predicted molar refractivity (Wildman–Crippen MR) is 70.6 cm³/mol. The zero-order chi connectivity index (χ0) is 12.1. The fraction of sp³-hybridized carbons (Fsp3) is 0.308. The van der Waals surface area contributed by atoms with Crippen LogP contribution in [0, 0.1) is 0 Å². The molecule has 1 aromatic carbocycles. The molecule has 1 N–H and O–H groups in total. The maximum atomic E-state index is 6.25. The Kier molecular flexibility index (Phi) is 4.18. The van der Waals surface area contributed by atoms with Crippen LogP contribution in [-0.2, 0) is 6.54 Å². The molecule has 0 saturated heterocycles. The van der Waals surface area contributed by atoms with Crippen molar-refractivity contribution in [2.75, 3.05) is 6.54 Å². The van der Waals surface area contributed by atoms with Crippen LogP contribution in [0.4, 0.5) is 0 Å². The van der Waals surface area contributed by atoms with Crippen LogP contribution in [-0.4, -0.2) is 16.3 Å². The van der Waals surface area contributed by atoms with Gasteiger partial charge in [-0.2, -0.15) is 5.10 Å². The summed E-state index contributed by atoms with van der Waals surface area (Å²) in [7, 11) is 0. The Labute approximate surface area is 106 Å². The number of benzene rings is 1. The van der Waals surface area contributed by atoms with Crippen LogP contribution >= 0.6 is 11.6 Å². The lowest BCUT2D eigenvalue weighted by Gasteiger charge is -2.12. The highest BCUT2D eigenvalue weighted by atomic mass is 35.5. The van der Waals surface area contributed by atoms with Gasteiger partial charge in [0.25, 0.3) is 0 Å². The molecule has 0 amide bonds. The molecule has 3 nitrogen and oxygen atoms in total. The summed E-state index contributed by atoms with van der Waals surface area (Å²) in [6, 6.07) is 7.83. The minimum atomic E-state index is 0.726. The van der Waals surface area contributed by atoms with Crippen molar-refractivity contribution in [2.45, 2.75) is 19.9 Å². The molecule has 0 bridgehead atoms. The quantitative estimate of drug-likeness (QED) is 0.826. The molecule has 0 aliphatic carbocycles. The van der Waals surface area contributed by atoms with Crippen LogP contribution in [0.25, 0.3) is 5.69 Å². The molecule has 17 heavy (non-hydrogen) atoms. The van der Waals surface area contributed by atoms with Crippen molar-refractivity contribution < 1.29 is 0 Å². The van der Waals surface area contributed by atoms with E-state index in [1.165, 1.54) is 0 Å². The molecule has 0 radical (unpaired) electrons. The molecule has 2 rings (SSSR count). The Morgan fingerprint density at radius 2 is 2.24 bits per heavy atom. The highest BCUT2D eigenvalue weighted by Crippen LogP contribution is 2.23. The van der Waals surface area contributed by atoms with E-state index in [1.54, 1.807) is 6.20 Å². The Hall–Kier alpha value is -1.32. The van der Waals surface area contributed by atoms with Crippen LogP contribution in [0.15, 0.2) is 36.7 Å². The molecule has 0 aliphatic heterocycles. The van der Waals surface area contributed by atoms with Gasteiger partial charge in [-0.05, 0) is 30.7 Å². The first-order chi connectivity index (χ1) is 8.33. The van der Waals surface area contributed by atoms with Gasteiger partial charge >= 0.3 is 0 Å². The largest absolute Gasteiger partial charge is 0.313 e. The number of para-hydroxylation sites is 1. The van der Waals surface area contributed by atoms with Gasteiger partial charge in [0.1, 0.15) is 0 Å². The fourth-order valence-electron chi connectivity index (χ4n) is 1.76. The van der Waals surface area contributed by atoms with E-state index < -0.39 is 0 Å². The second kappa shape index (κ2) is 5.84. The average molecular weight is 250 g/mol. The van der Waals surface area contributed by atoms with Gasteiger partial charge in [0.2, 0.25) is 0 Å². The van der Waals surface area contributed by atoms with E-state index in [0.29, 0.717) is 0 Å². The Morgan fingerprint density at radius 1 is 1.35 bits per heavy atom. The lowest BCUT2D eigenvalue weighted by atomic mass is 10.1. The van der Waals surface area contributed by atoms with Crippen molar-refractivity contribution in [3.8, 4) is 5.69 Å². The SMILES string of the molecule is CCCNCc1cccc(Cl)c1-n1cccn1. The highest BCUT2D eigenvalue weighted by Gasteiger charge is 2.08. The third kappa shape index (κ3) is 2.87. The number of nitrogens with one attached hydrogen (secondary N) is 1. The third-order valence-electron chi connectivity index (χ3n) is 2.55. The number of halogens is 1. The summed E-state index contributed by atoms with van der Waals surface area (Å²) >= 11 is 6.25. The molecule has 90 valence electrons. The monoisotopic (exact) mass is 249 g/mol. The molecule has 1 heterocycles. The summed E-state index contributed by atoms with van der Waals surface area (Å²) in [5, 5.41) is 8.35. The summed E-state index contributed by atoms with van der Waals surface area (Å²) < 4.78 is 1.81. The Balaban J connectivity index is 2.29. The number of aromatic nitrogens is 2. The molecule has 4 heteroatoms. The van der Waals surface area contributed by atoms with Crippen molar-refractivity contribution in [1.82, 2.24) is 15.1 Å². The fourth-order valence-corrected chi connectivity index (χ4v) is 2.04. The van der Waals surface area contributed by atoms with Gasteiger partial charge in [-0.3, -0.25) is 0 Å². The van der Waals surface area contributed by atoms with Gasteiger partial charge in [0, 0.05) is 18.9 Å². The van der Waals surface area contributed by atoms with E-state index in [0.717, 1.165) is 35.8 Å². The number of rotatable bonds is 5. The lowest BCUT2D eigenvalue weighted by molar-refractivity contribution is 0.670. The molecule has 0 unspecified atom stereocenters. The molecule has 0 saturated carbocycles. The average Bonchev–Trinajstić information content (AvgIpc) is 2.83. The van der Waals surface area contributed by atoms with Gasteiger partial charge in [-0.1, -0.05) is 30.7 Å². The van der Waals surface area contributed by atoms with Crippen molar-refractivity contribution in [3.05, 3.63) is 47.2 Å². The molecular formula is C13H16ClN3. The molecule has 0 fully saturated rings. The van der Waals surface area contributed by atoms with Crippen LogP contribution in [0.5, 0.6) is 0 Å². The minimum Gasteiger partial charge on any atom is -0.313 e. The second-order valence-corrected chi connectivity index (χ2v) is 4.28. The van der Waals surface area contributed by atoms with Gasteiger partial charge in [0.05, 0.1) is 10.7 Å². The highest BCUT2D eigenvalue weighted by molar-refractivity contribution is 6.32. The van der Waals surface area contributed by atoms with Crippen molar-refractivity contribution >= 4 is 11.6 Å². The summed E-state index contributed by atoms with van der Waals surface area (Å²) in [6.07, 6.45) is 4.79. The normalized spacial score (nSPS) is 10.7. The van der Waals surface area contributed by atoms with Crippen LogP contribution in [0.1, 0.15) is 18.9 Å². The van der Waals surface area contributed by atoms with Crippen molar-refractivity contribution in [3.63, 3.8) is 0 Å². The Morgan fingerprint density at radius 3 is 2.94 bits per heavy atom. The van der Waals surface area contributed by atoms with Crippen molar-refractivity contribution in [1.29, 1.82) is 0 Å². The molecular weight excluding hydrogens is 234 g/mol.